The van der Waals surface area contributed by atoms with Gasteiger partial charge >= 0.3 is 6.09 Å². The van der Waals surface area contributed by atoms with Gasteiger partial charge in [0.25, 0.3) is 5.91 Å². The Morgan fingerprint density at radius 1 is 1.18 bits per heavy atom. The van der Waals surface area contributed by atoms with Crippen LogP contribution in [0.15, 0.2) is 40.9 Å². The van der Waals surface area contributed by atoms with Gasteiger partial charge in [0.2, 0.25) is 0 Å². The van der Waals surface area contributed by atoms with Gasteiger partial charge in [-0.2, -0.15) is 5.26 Å². The lowest BCUT2D eigenvalue weighted by Gasteiger charge is -2.22. The molecule has 2 heterocycles. The second kappa shape index (κ2) is 10.5. The van der Waals surface area contributed by atoms with Crippen LogP contribution in [-0.2, 0) is 11.2 Å². The molecule has 1 atom stereocenters. The number of hydrogen-bond acceptors (Lipinski definition) is 6. The minimum Gasteiger partial charge on any atom is -0.493 e. The molecule has 178 valence electrons. The van der Waals surface area contributed by atoms with Crippen LogP contribution in [0.25, 0.3) is 0 Å². The molecule has 10 heteroatoms. The summed E-state index contributed by atoms with van der Waals surface area (Å²) >= 11 is 9.76. The molecule has 1 fully saturated rings. The van der Waals surface area contributed by atoms with Crippen molar-refractivity contribution in [2.45, 2.75) is 43.9 Å². The molecular formula is C24H23BrClN3O5. The number of halogens is 2. The molecule has 3 aliphatic rings. The number of ether oxygens (including phenoxy) is 3. The topological polar surface area (TPSA) is 110 Å². The molecule has 0 spiro atoms. The number of carbonyl (C=O) groups excluding carboxylic acids is 2. The van der Waals surface area contributed by atoms with Crippen LogP contribution in [-0.4, -0.2) is 37.0 Å². The van der Waals surface area contributed by atoms with E-state index >= 15 is 0 Å². The van der Waals surface area contributed by atoms with Gasteiger partial charge in [-0.3, -0.25) is 4.79 Å². The molecule has 0 saturated heterocycles. The number of hydrogen-bond donors (Lipinski definition) is 2. The van der Waals surface area contributed by atoms with Gasteiger partial charge in [-0.15, -0.1) is 0 Å². The number of amides is 2. The summed E-state index contributed by atoms with van der Waals surface area (Å²) in [6.45, 7) is 0.874. The first kappa shape index (κ1) is 24.2. The summed E-state index contributed by atoms with van der Waals surface area (Å²) in [5, 5.41) is 15.0. The standard InChI is InChI=1S/C24H23BrClN3O5/c25-16-4-6-19-17(13-16)22(30)28-21(34-23(31)29-24(14-27)7-8-24)12-15-3-5-20(18(26)11-15)33-10-2-1-9-32-19/h3-6,11,13,21H,1-2,7-10,12H2,(H,28,30)(H,29,31)/t21-/m0/s1. The molecule has 2 aromatic rings. The lowest BCUT2D eigenvalue weighted by molar-refractivity contribution is 0.0621. The molecule has 2 aliphatic heterocycles. The molecule has 0 radical (unpaired) electrons. The third kappa shape index (κ3) is 6.13. The summed E-state index contributed by atoms with van der Waals surface area (Å²) in [6, 6.07) is 12.5. The van der Waals surface area contributed by atoms with Gasteiger partial charge in [-0.1, -0.05) is 33.6 Å². The maximum atomic E-state index is 13.2. The molecule has 5 rings (SSSR count). The van der Waals surface area contributed by atoms with Crippen LogP contribution < -0.4 is 20.1 Å². The molecule has 1 saturated carbocycles. The Bertz CT molecular complexity index is 1130. The highest BCUT2D eigenvalue weighted by atomic mass is 79.9. The summed E-state index contributed by atoms with van der Waals surface area (Å²) in [5.74, 6) is 0.510. The molecule has 2 N–H and O–H groups in total. The number of rotatable bonds is 2. The average Bonchev–Trinajstić information content (AvgIpc) is 3.57. The summed E-state index contributed by atoms with van der Waals surface area (Å²) in [6.07, 6.45) is 0.949. The summed E-state index contributed by atoms with van der Waals surface area (Å²) < 4.78 is 17.8. The molecule has 0 unspecified atom stereocenters. The van der Waals surface area contributed by atoms with Crippen molar-refractivity contribution in [3.05, 3.63) is 57.0 Å². The first-order chi connectivity index (χ1) is 16.4. The number of benzene rings is 2. The zero-order valence-electron chi connectivity index (χ0n) is 18.2. The van der Waals surface area contributed by atoms with E-state index in [1.165, 1.54) is 0 Å². The largest absolute Gasteiger partial charge is 0.493 e. The lowest BCUT2D eigenvalue weighted by atomic mass is 10.1. The van der Waals surface area contributed by atoms with Crippen LogP contribution in [0.4, 0.5) is 4.79 Å². The quantitative estimate of drug-likeness (QED) is 0.561. The molecule has 1 aliphatic carbocycles. The van der Waals surface area contributed by atoms with Gasteiger partial charge in [0, 0.05) is 10.9 Å². The number of nitrogens with one attached hydrogen (secondary N) is 2. The summed E-state index contributed by atoms with van der Waals surface area (Å²) in [5.41, 5.74) is 0.137. The fraction of sp³-hybridized carbons (Fsp3) is 0.375. The zero-order valence-corrected chi connectivity index (χ0v) is 20.6. The van der Waals surface area contributed by atoms with Crippen LogP contribution in [0.2, 0.25) is 5.02 Å². The fourth-order valence-corrected chi connectivity index (χ4v) is 4.09. The van der Waals surface area contributed by atoms with E-state index in [0.29, 0.717) is 52.6 Å². The monoisotopic (exact) mass is 547 g/mol. The van der Waals surface area contributed by atoms with E-state index in [9.17, 15) is 14.9 Å². The summed E-state index contributed by atoms with van der Waals surface area (Å²) in [7, 11) is 0. The molecule has 2 aromatic carbocycles. The minimum atomic E-state index is -1.02. The maximum Gasteiger partial charge on any atom is 0.410 e. The average molecular weight is 549 g/mol. The van der Waals surface area contributed by atoms with Crippen LogP contribution in [0, 0.1) is 11.3 Å². The fourth-order valence-electron chi connectivity index (χ4n) is 3.47. The Kier molecular flexibility index (Phi) is 7.49. The van der Waals surface area contributed by atoms with Crippen molar-refractivity contribution in [3.8, 4) is 17.6 Å². The van der Waals surface area contributed by atoms with Gasteiger partial charge in [-0.05, 0) is 61.6 Å². The minimum absolute atomic E-state index is 0.156. The van der Waals surface area contributed by atoms with Crippen LogP contribution in [0.5, 0.6) is 11.5 Å². The van der Waals surface area contributed by atoms with Crippen molar-refractivity contribution in [1.82, 2.24) is 10.6 Å². The van der Waals surface area contributed by atoms with Gasteiger partial charge in [-0.25, -0.2) is 4.79 Å². The lowest BCUT2D eigenvalue weighted by Crippen LogP contribution is -2.45. The highest BCUT2D eigenvalue weighted by Crippen LogP contribution is 2.34. The highest BCUT2D eigenvalue weighted by Gasteiger charge is 2.45. The molecule has 0 aromatic heterocycles. The third-order valence-corrected chi connectivity index (χ3v) is 6.29. The molecule has 34 heavy (non-hydrogen) atoms. The third-order valence-electron chi connectivity index (χ3n) is 5.50. The number of fused-ring (bicyclic) bond motifs is 10. The van der Waals surface area contributed by atoms with Crippen molar-refractivity contribution in [2.24, 2.45) is 0 Å². The van der Waals surface area contributed by atoms with Crippen molar-refractivity contribution < 1.29 is 23.8 Å². The molecule has 8 nitrogen and oxygen atoms in total. The van der Waals surface area contributed by atoms with E-state index in [1.54, 1.807) is 36.4 Å². The Balaban J connectivity index is 1.60. The van der Waals surface area contributed by atoms with E-state index in [4.69, 9.17) is 25.8 Å². The number of nitriles is 1. The second-order valence-electron chi connectivity index (χ2n) is 8.20. The summed E-state index contributed by atoms with van der Waals surface area (Å²) in [4.78, 5) is 25.7. The Labute approximate surface area is 210 Å². The van der Waals surface area contributed by atoms with E-state index in [2.05, 4.69) is 32.6 Å². The zero-order chi connectivity index (χ0) is 24.1. The number of alkyl carbamates (subject to hydrolysis) is 1. The predicted octanol–water partition coefficient (Wildman–Crippen LogP) is 4.73. The molecule has 2 bridgehead atoms. The maximum absolute atomic E-state index is 13.2. The van der Waals surface area contributed by atoms with Crippen molar-refractivity contribution in [1.29, 1.82) is 5.26 Å². The van der Waals surface area contributed by atoms with E-state index in [0.717, 1.165) is 18.4 Å². The van der Waals surface area contributed by atoms with Crippen LogP contribution in [0.1, 0.15) is 41.6 Å². The van der Waals surface area contributed by atoms with Gasteiger partial charge < -0.3 is 24.8 Å². The number of nitrogens with zero attached hydrogens (tertiary/aromatic N) is 1. The highest BCUT2D eigenvalue weighted by molar-refractivity contribution is 9.10. The van der Waals surface area contributed by atoms with Crippen LogP contribution in [0.3, 0.4) is 0 Å². The van der Waals surface area contributed by atoms with E-state index in [-0.39, 0.29) is 6.42 Å². The Hall–Kier alpha value is -2.96. The van der Waals surface area contributed by atoms with Gasteiger partial charge in [0.05, 0.1) is 29.9 Å². The van der Waals surface area contributed by atoms with Gasteiger partial charge in [0.1, 0.15) is 17.0 Å². The van der Waals surface area contributed by atoms with Gasteiger partial charge in [0.15, 0.2) is 6.23 Å². The predicted molar refractivity (Wildman–Crippen MR) is 128 cm³/mol. The first-order valence-corrected chi connectivity index (χ1v) is 12.1. The normalized spacial score (nSPS) is 19.4. The number of carbonyl (C=O) groups is 2. The Morgan fingerprint density at radius 2 is 1.88 bits per heavy atom. The smallest absolute Gasteiger partial charge is 0.410 e. The van der Waals surface area contributed by atoms with Crippen molar-refractivity contribution in [2.75, 3.05) is 13.2 Å². The van der Waals surface area contributed by atoms with Crippen LogP contribution >= 0.6 is 27.5 Å². The van der Waals surface area contributed by atoms with E-state index in [1.807, 2.05) is 0 Å². The second-order valence-corrected chi connectivity index (χ2v) is 9.52. The van der Waals surface area contributed by atoms with Crippen molar-refractivity contribution in [3.63, 3.8) is 0 Å². The first-order valence-electron chi connectivity index (χ1n) is 10.9. The Morgan fingerprint density at radius 3 is 2.56 bits per heavy atom. The van der Waals surface area contributed by atoms with Crippen molar-refractivity contribution >= 4 is 39.5 Å². The SMILES string of the molecule is N#CC1(NC(=O)O[C@H]2Cc3ccc(c(Cl)c3)OCCCCOc3ccc(Br)cc3C(=O)N2)CC1. The molecule has 2 amide bonds. The molecular weight excluding hydrogens is 526 g/mol. The van der Waals surface area contributed by atoms with E-state index < -0.39 is 23.8 Å².